The van der Waals surface area contributed by atoms with E-state index in [1.807, 2.05) is 12.1 Å². The number of aromatic hydroxyl groups is 1. The van der Waals surface area contributed by atoms with Crippen LogP contribution >= 0.6 is 0 Å². The number of rotatable bonds is 3. The van der Waals surface area contributed by atoms with Crippen molar-refractivity contribution in [1.82, 2.24) is 4.90 Å². The molecular weight excluding hydrogens is 174 g/mol. The molecule has 1 aromatic carbocycles. The summed E-state index contributed by atoms with van der Waals surface area (Å²) in [6.07, 6.45) is 1.34. The highest BCUT2D eigenvalue weighted by Gasteiger charge is 2.17. The maximum atomic E-state index is 9.35. The Balaban J connectivity index is 1.98. The zero-order valence-electron chi connectivity index (χ0n) is 8.61. The van der Waals surface area contributed by atoms with Crippen LogP contribution in [0.5, 0.6) is 5.75 Å². The third-order valence-electron chi connectivity index (χ3n) is 2.92. The van der Waals surface area contributed by atoms with Crippen LogP contribution in [0.15, 0.2) is 24.3 Å². The van der Waals surface area contributed by atoms with E-state index in [9.17, 15) is 5.11 Å². The van der Waals surface area contributed by atoms with E-state index < -0.39 is 0 Å². The van der Waals surface area contributed by atoms with Crippen molar-refractivity contribution < 1.29 is 5.11 Å². The predicted octanol–water partition coefficient (Wildman–Crippen LogP) is 2.20. The Labute approximate surface area is 85.2 Å². The molecule has 1 unspecified atom stereocenters. The summed E-state index contributed by atoms with van der Waals surface area (Å²) in [5.74, 6) is 0.889. The lowest BCUT2D eigenvalue weighted by molar-refractivity contribution is 0.172. The lowest BCUT2D eigenvalue weighted by atomic mass is 9.99. The largest absolute Gasteiger partial charge is 0.508 e. The highest BCUT2D eigenvalue weighted by molar-refractivity contribution is 5.29. The van der Waals surface area contributed by atoms with Gasteiger partial charge in [-0.1, -0.05) is 19.1 Å². The van der Waals surface area contributed by atoms with Crippen molar-refractivity contribution in [3.63, 3.8) is 0 Å². The Morgan fingerprint density at radius 1 is 1.43 bits per heavy atom. The molecule has 1 aliphatic rings. The van der Waals surface area contributed by atoms with Gasteiger partial charge in [-0.15, -0.1) is 0 Å². The highest BCUT2D eigenvalue weighted by atomic mass is 16.3. The van der Waals surface area contributed by atoms with E-state index >= 15 is 0 Å². The Hall–Kier alpha value is -1.02. The maximum absolute atomic E-state index is 9.35. The van der Waals surface area contributed by atoms with Crippen molar-refractivity contribution in [2.45, 2.75) is 19.3 Å². The molecule has 1 atom stereocenters. The minimum absolute atomic E-state index is 0.373. The average Bonchev–Trinajstić information content (AvgIpc) is 2.11. The van der Waals surface area contributed by atoms with Gasteiger partial charge in [-0.25, -0.2) is 0 Å². The molecule has 0 aromatic heterocycles. The second kappa shape index (κ2) is 4.01. The standard InChI is InChI=1S/C12H17NO/c1-10(9-13-6-3-7-13)11-4-2-5-12(14)8-11/h2,4-5,8,10,14H,3,6-7,9H2,1H3. The van der Waals surface area contributed by atoms with Crippen LogP contribution in [-0.2, 0) is 0 Å². The van der Waals surface area contributed by atoms with E-state index in [0.29, 0.717) is 11.7 Å². The second-order valence-corrected chi connectivity index (χ2v) is 4.15. The first-order valence-corrected chi connectivity index (χ1v) is 5.27. The number of phenols is 1. The topological polar surface area (TPSA) is 23.5 Å². The van der Waals surface area contributed by atoms with E-state index in [1.165, 1.54) is 25.1 Å². The van der Waals surface area contributed by atoms with E-state index in [4.69, 9.17) is 0 Å². The van der Waals surface area contributed by atoms with Crippen LogP contribution in [0.4, 0.5) is 0 Å². The van der Waals surface area contributed by atoms with Gasteiger partial charge in [0.25, 0.3) is 0 Å². The summed E-state index contributed by atoms with van der Waals surface area (Å²) in [5, 5.41) is 9.35. The number of likely N-dealkylation sites (tertiary alicyclic amines) is 1. The van der Waals surface area contributed by atoms with Crippen molar-refractivity contribution in [3.8, 4) is 5.75 Å². The zero-order valence-corrected chi connectivity index (χ0v) is 8.61. The third-order valence-corrected chi connectivity index (χ3v) is 2.92. The van der Waals surface area contributed by atoms with E-state index in [2.05, 4.69) is 17.9 Å². The van der Waals surface area contributed by atoms with Gasteiger partial charge in [-0.2, -0.15) is 0 Å². The van der Waals surface area contributed by atoms with Gasteiger partial charge in [0.15, 0.2) is 0 Å². The summed E-state index contributed by atoms with van der Waals surface area (Å²) in [6, 6.07) is 7.59. The van der Waals surface area contributed by atoms with Crippen LogP contribution < -0.4 is 0 Å². The first-order valence-electron chi connectivity index (χ1n) is 5.27. The molecule has 1 heterocycles. The van der Waals surface area contributed by atoms with Gasteiger partial charge < -0.3 is 10.0 Å². The molecule has 0 saturated carbocycles. The molecule has 2 nitrogen and oxygen atoms in total. The average molecular weight is 191 g/mol. The molecule has 1 saturated heterocycles. The van der Waals surface area contributed by atoms with Crippen molar-refractivity contribution in [2.24, 2.45) is 0 Å². The SMILES string of the molecule is CC(CN1CCC1)c1cccc(O)c1. The van der Waals surface area contributed by atoms with Crippen molar-refractivity contribution in [1.29, 1.82) is 0 Å². The predicted molar refractivity (Wildman–Crippen MR) is 57.6 cm³/mol. The lowest BCUT2D eigenvalue weighted by Crippen LogP contribution is -2.39. The fraction of sp³-hybridized carbons (Fsp3) is 0.500. The van der Waals surface area contributed by atoms with Crippen molar-refractivity contribution >= 4 is 0 Å². The number of hydrogen-bond acceptors (Lipinski definition) is 2. The Kier molecular flexibility index (Phi) is 2.73. The first-order chi connectivity index (χ1) is 6.75. The van der Waals surface area contributed by atoms with Crippen molar-refractivity contribution in [2.75, 3.05) is 19.6 Å². The fourth-order valence-electron chi connectivity index (χ4n) is 1.89. The molecule has 0 radical (unpaired) electrons. The maximum Gasteiger partial charge on any atom is 0.115 e. The summed E-state index contributed by atoms with van der Waals surface area (Å²) in [5.41, 5.74) is 1.23. The van der Waals surface area contributed by atoms with E-state index in [-0.39, 0.29) is 0 Å². The summed E-state index contributed by atoms with van der Waals surface area (Å²) in [7, 11) is 0. The minimum Gasteiger partial charge on any atom is -0.508 e. The van der Waals surface area contributed by atoms with Crippen LogP contribution in [0.2, 0.25) is 0 Å². The van der Waals surface area contributed by atoms with E-state index in [0.717, 1.165) is 6.54 Å². The molecule has 14 heavy (non-hydrogen) atoms. The molecular formula is C12H17NO. The normalized spacial score (nSPS) is 18.9. The van der Waals surface area contributed by atoms with Gasteiger partial charge in [0, 0.05) is 6.54 Å². The molecule has 0 amide bonds. The smallest absolute Gasteiger partial charge is 0.115 e. The van der Waals surface area contributed by atoms with Crippen LogP contribution in [-0.4, -0.2) is 29.6 Å². The number of benzene rings is 1. The van der Waals surface area contributed by atoms with Crippen LogP contribution in [0.3, 0.4) is 0 Å². The van der Waals surface area contributed by atoms with Crippen LogP contribution in [0, 0.1) is 0 Å². The monoisotopic (exact) mass is 191 g/mol. The molecule has 0 aliphatic carbocycles. The molecule has 1 fully saturated rings. The molecule has 76 valence electrons. The Bertz CT molecular complexity index is 307. The zero-order chi connectivity index (χ0) is 9.97. The Morgan fingerprint density at radius 2 is 2.21 bits per heavy atom. The summed E-state index contributed by atoms with van der Waals surface area (Å²) in [4.78, 5) is 2.45. The van der Waals surface area contributed by atoms with Gasteiger partial charge in [-0.3, -0.25) is 0 Å². The van der Waals surface area contributed by atoms with Gasteiger partial charge in [0.05, 0.1) is 0 Å². The van der Waals surface area contributed by atoms with Crippen LogP contribution in [0.25, 0.3) is 0 Å². The fourth-order valence-corrected chi connectivity index (χ4v) is 1.89. The lowest BCUT2D eigenvalue weighted by Gasteiger charge is -2.33. The molecule has 0 bridgehead atoms. The molecule has 2 heteroatoms. The molecule has 2 rings (SSSR count). The summed E-state index contributed by atoms with van der Waals surface area (Å²) < 4.78 is 0. The highest BCUT2D eigenvalue weighted by Crippen LogP contribution is 2.22. The van der Waals surface area contributed by atoms with Crippen LogP contribution in [0.1, 0.15) is 24.8 Å². The van der Waals surface area contributed by atoms with Gasteiger partial charge in [0.1, 0.15) is 5.75 Å². The Morgan fingerprint density at radius 3 is 2.79 bits per heavy atom. The number of hydrogen-bond donors (Lipinski definition) is 1. The quantitative estimate of drug-likeness (QED) is 0.791. The molecule has 0 spiro atoms. The third kappa shape index (κ3) is 2.07. The minimum atomic E-state index is 0.373. The summed E-state index contributed by atoms with van der Waals surface area (Å²) in [6.45, 7) is 5.81. The molecule has 1 aliphatic heterocycles. The molecule has 1 N–H and O–H groups in total. The second-order valence-electron chi connectivity index (χ2n) is 4.15. The summed E-state index contributed by atoms with van der Waals surface area (Å²) >= 11 is 0. The van der Waals surface area contributed by atoms with Crippen molar-refractivity contribution in [3.05, 3.63) is 29.8 Å². The van der Waals surface area contributed by atoms with Gasteiger partial charge in [0.2, 0.25) is 0 Å². The molecule has 1 aromatic rings. The first kappa shape index (κ1) is 9.53. The number of phenolic OH excluding ortho intramolecular Hbond substituents is 1. The van der Waals surface area contributed by atoms with Gasteiger partial charge in [-0.05, 0) is 43.1 Å². The van der Waals surface area contributed by atoms with E-state index in [1.54, 1.807) is 6.07 Å². The van der Waals surface area contributed by atoms with Gasteiger partial charge >= 0.3 is 0 Å². The number of nitrogens with zero attached hydrogens (tertiary/aromatic N) is 1.